The number of hydrogen-bond donors (Lipinski definition) is 0. The Hall–Kier alpha value is -5.87. The van der Waals surface area contributed by atoms with Gasteiger partial charge in [-0.3, -0.25) is 0 Å². The van der Waals surface area contributed by atoms with Crippen LogP contribution in [-0.2, 0) is 41.8 Å². The average molecular weight is 1030 g/mol. The Morgan fingerprint density at radius 3 is 1.45 bits per heavy atom. The Morgan fingerprint density at radius 1 is 0.415 bits per heavy atom. The number of nitrogens with zero attached hydrogens (tertiary/aromatic N) is 4. The van der Waals surface area contributed by atoms with Crippen molar-refractivity contribution in [2.24, 2.45) is 0 Å². The molecule has 0 atom stereocenters. The molecule has 2 heterocycles. The molecule has 327 valence electrons. The van der Waals surface area contributed by atoms with Crippen molar-refractivity contribution in [3.8, 4) is 78.8 Å². The van der Waals surface area contributed by atoms with E-state index in [1.165, 1.54) is 50.1 Å². The fourth-order valence-electron chi connectivity index (χ4n) is 11.5. The second kappa shape index (κ2) is 16.2. The van der Waals surface area contributed by atoms with Gasteiger partial charge in [-0.25, -0.2) is 15.0 Å². The van der Waals surface area contributed by atoms with Crippen LogP contribution in [0.5, 0.6) is 0 Å². The van der Waals surface area contributed by atoms with Gasteiger partial charge in [0.1, 0.15) is 0 Å². The fourth-order valence-corrected chi connectivity index (χ4v) is 11.5. The third-order valence-electron chi connectivity index (χ3n) is 14.0. The summed E-state index contributed by atoms with van der Waals surface area (Å²) in [6.07, 6.45) is 4.10. The van der Waals surface area contributed by atoms with E-state index in [0.29, 0.717) is 17.5 Å². The van der Waals surface area contributed by atoms with Crippen LogP contribution in [0.25, 0.3) is 78.8 Å². The summed E-state index contributed by atoms with van der Waals surface area (Å²) >= 11 is 0. The molecule has 5 heteroatoms. The molecule has 6 aromatic carbocycles. The Labute approximate surface area is 399 Å². The molecular weight excluding hydrogens is 969 g/mol. The van der Waals surface area contributed by atoms with Crippen LogP contribution in [-0.4, -0.2) is 19.9 Å². The summed E-state index contributed by atoms with van der Waals surface area (Å²) in [5.74, 6) is 1.95. The average Bonchev–Trinajstić information content (AvgIpc) is 3.59. The SMILES string of the molecule is Cc1cc(C)cc(-c2ccccc2-c2c[c-]c(-c3ccc(-c4nc(-c5ccc6c(c5)C(C)(C)CC6(C)C)nc(-c5ccc6c(c5)C(C)(C)CC6(C)C)n4)cn3)cc2-c2ccccc2)c1.[Ir]. The first-order valence-corrected chi connectivity index (χ1v) is 22.8. The molecule has 10 rings (SSSR count). The Balaban J connectivity index is 0.00000533. The molecule has 0 unspecified atom stereocenters. The first-order valence-electron chi connectivity index (χ1n) is 22.8. The van der Waals surface area contributed by atoms with Gasteiger partial charge in [0.2, 0.25) is 0 Å². The first-order chi connectivity index (χ1) is 30.5. The van der Waals surface area contributed by atoms with Gasteiger partial charge in [0.25, 0.3) is 0 Å². The molecule has 2 aliphatic carbocycles. The summed E-state index contributed by atoms with van der Waals surface area (Å²) in [6, 6.07) is 51.9. The smallest absolute Gasteiger partial charge is 0.165 e. The summed E-state index contributed by atoms with van der Waals surface area (Å²) in [5, 5.41) is 0. The number of fused-ring (bicyclic) bond motifs is 2. The monoisotopic (exact) mass is 1030 g/mol. The zero-order valence-electron chi connectivity index (χ0n) is 39.3. The van der Waals surface area contributed by atoms with Crippen LogP contribution in [0.1, 0.15) is 102 Å². The van der Waals surface area contributed by atoms with Gasteiger partial charge >= 0.3 is 0 Å². The van der Waals surface area contributed by atoms with Gasteiger partial charge in [0, 0.05) is 43.0 Å². The van der Waals surface area contributed by atoms with Gasteiger partial charge < -0.3 is 4.98 Å². The molecule has 2 aliphatic rings. The summed E-state index contributed by atoms with van der Waals surface area (Å²) in [6.45, 7) is 23.2. The predicted molar refractivity (Wildman–Crippen MR) is 265 cm³/mol. The van der Waals surface area contributed by atoms with Crippen LogP contribution in [0.3, 0.4) is 0 Å². The van der Waals surface area contributed by atoms with Crippen molar-refractivity contribution in [1.82, 2.24) is 19.9 Å². The van der Waals surface area contributed by atoms with Gasteiger partial charge in [0.15, 0.2) is 17.5 Å². The summed E-state index contributed by atoms with van der Waals surface area (Å²) < 4.78 is 0. The largest absolute Gasteiger partial charge is 0.304 e. The molecule has 4 nitrogen and oxygen atoms in total. The number of benzene rings is 6. The molecule has 0 saturated heterocycles. The van der Waals surface area contributed by atoms with E-state index in [1.54, 1.807) is 0 Å². The van der Waals surface area contributed by atoms with Gasteiger partial charge in [-0.15, -0.1) is 23.8 Å². The van der Waals surface area contributed by atoms with Crippen molar-refractivity contribution in [3.63, 3.8) is 0 Å². The van der Waals surface area contributed by atoms with E-state index in [9.17, 15) is 0 Å². The van der Waals surface area contributed by atoms with E-state index in [4.69, 9.17) is 19.9 Å². The first kappa shape index (κ1) is 44.3. The maximum absolute atomic E-state index is 5.24. The second-order valence-corrected chi connectivity index (χ2v) is 21.1. The zero-order valence-corrected chi connectivity index (χ0v) is 41.7. The van der Waals surface area contributed by atoms with Crippen molar-refractivity contribution < 1.29 is 20.1 Å². The second-order valence-electron chi connectivity index (χ2n) is 21.1. The number of aromatic nitrogens is 4. The summed E-state index contributed by atoms with van der Waals surface area (Å²) in [5.41, 5.74) is 19.9. The van der Waals surface area contributed by atoms with Gasteiger partial charge in [-0.2, -0.15) is 0 Å². The molecule has 0 bridgehead atoms. The molecule has 2 aromatic heterocycles. The fraction of sp³-hybridized carbons (Fsp3) is 0.267. The van der Waals surface area contributed by atoms with Gasteiger partial charge in [0.05, 0.1) is 0 Å². The minimum atomic E-state index is 0. The van der Waals surface area contributed by atoms with E-state index >= 15 is 0 Å². The van der Waals surface area contributed by atoms with Crippen LogP contribution in [0.4, 0.5) is 0 Å². The topological polar surface area (TPSA) is 51.6 Å². The molecule has 0 saturated carbocycles. The molecule has 0 aliphatic heterocycles. The van der Waals surface area contributed by atoms with Crippen molar-refractivity contribution >= 4 is 0 Å². The van der Waals surface area contributed by atoms with Crippen LogP contribution in [0.15, 0.2) is 140 Å². The van der Waals surface area contributed by atoms with Crippen molar-refractivity contribution in [2.45, 2.75) is 104 Å². The van der Waals surface area contributed by atoms with Crippen molar-refractivity contribution in [3.05, 3.63) is 179 Å². The maximum Gasteiger partial charge on any atom is 0.165 e. The Bertz CT molecular complexity index is 3010. The number of pyridine rings is 1. The van der Waals surface area contributed by atoms with E-state index in [1.807, 2.05) is 6.20 Å². The summed E-state index contributed by atoms with van der Waals surface area (Å²) in [7, 11) is 0. The molecule has 8 aromatic rings. The molecule has 0 fully saturated rings. The van der Waals surface area contributed by atoms with Crippen LogP contribution in [0, 0.1) is 19.9 Å². The zero-order chi connectivity index (χ0) is 44.8. The van der Waals surface area contributed by atoms with Crippen LogP contribution in [0.2, 0.25) is 0 Å². The normalized spacial score (nSPS) is 16.1. The Morgan fingerprint density at radius 2 is 0.908 bits per heavy atom. The standard InChI is InChI=1S/C60H57N4.Ir/c1-37-28-38(2)30-44(29-37)45-18-14-15-19-46(45)47-24-20-40(31-48(47)39-16-12-11-13-17-39)53-27-23-43(34-61-53)56-63-54(41-21-25-49-51(32-41)59(7,8)35-57(49,3)4)62-55(64-56)42-22-26-50-52(33-42)60(9,10)36-58(50,5)6;/h11-19,21-34H,35-36H2,1-10H3;/q-1;. The number of aryl methyl sites for hydroxylation is 2. The summed E-state index contributed by atoms with van der Waals surface area (Å²) in [4.78, 5) is 20.7. The molecular formula is C60H57IrN4-. The van der Waals surface area contributed by atoms with E-state index < -0.39 is 0 Å². The Kier molecular flexibility index (Phi) is 11.1. The molecule has 0 amide bonds. The maximum atomic E-state index is 5.24. The van der Waals surface area contributed by atoms with Gasteiger partial charge in [-0.05, 0) is 105 Å². The van der Waals surface area contributed by atoms with E-state index in [-0.39, 0.29) is 41.8 Å². The van der Waals surface area contributed by atoms with E-state index in [2.05, 4.69) is 209 Å². The van der Waals surface area contributed by atoms with Gasteiger partial charge in [-0.1, -0.05) is 192 Å². The number of hydrogen-bond acceptors (Lipinski definition) is 4. The minimum Gasteiger partial charge on any atom is -0.304 e. The third-order valence-corrected chi connectivity index (χ3v) is 14.0. The predicted octanol–water partition coefficient (Wildman–Crippen LogP) is 15.3. The quantitative estimate of drug-likeness (QED) is 0.149. The molecule has 0 N–H and O–H groups in total. The minimum absolute atomic E-state index is 0. The van der Waals surface area contributed by atoms with Crippen molar-refractivity contribution in [2.75, 3.05) is 0 Å². The van der Waals surface area contributed by atoms with Crippen LogP contribution < -0.4 is 0 Å². The van der Waals surface area contributed by atoms with Crippen molar-refractivity contribution in [1.29, 1.82) is 0 Å². The molecule has 0 spiro atoms. The van der Waals surface area contributed by atoms with Crippen LogP contribution >= 0.6 is 0 Å². The number of rotatable bonds is 7. The third kappa shape index (κ3) is 8.13. The van der Waals surface area contributed by atoms with E-state index in [0.717, 1.165) is 57.5 Å². The molecule has 1 radical (unpaired) electrons. The molecule has 65 heavy (non-hydrogen) atoms.